The Morgan fingerprint density at radius 1 is 1.31 bits per heavy atom. The molecule has 0 unspecified atom stereocenters. The van der Waals surface area contributed by atoms with Gasteiger partial charge in [-0.05, 0) is 30.7 Å². The molecule has 0 aliphatic carbocycles. The first kappa shape index (κ1) is 10.4. The standard InChI is InChI=1S/C12H13N3O/c1-8-10(9-3-5-14-6-4-9)7-11(13)12(16)15(8)2/h3-7H,13H2,1-2H3. The minimum absolute atomic E-state index is 0.157. The monoisotopic (exact) mass is 215 g/mol. The molecule has 0 amide bonds. The van der Waals surface area contributed by atoms with Crippen LogP contribution in [0.15, 0.2) is 35.4 Å². The summed E-state index contributed by atoms with van der Waals surface area (Å²) >= 11 is 0. The second kappa shape index (κ2) is 3.81. The molecule has 2 rings (SSSR count). The predicted molar refractivity (Wildman–Crippen MR) is 64.1 cm³/mol. The molecule has 0 aliphatic rings. The van der Waals surface area contributed by atoms with Gasteiger partial charge in [-0.3, -0.25) is 9.78 Å². The van der Waals surface area contributed by atoms with E-state index in [1.807, 2.05) is 19.1 Å². The zero-order valence-corrected chi connectivity index (χ0v) is 9.27. The summed E-state index contributed by atoms with van der Waals surface area (Å²) in [6.07, 6.45) is 3.44. The molecule has 0 saturated heterocycles. The van der Waals surface area contributed by atoms with Crippen LogP contribution in [0.25, 0.3) is 11.1 Å². The molecular weight excluding hydrogens is 202 g/mol. The zero-order chi connectivity index (χ0) is 11.7. The minimum Gasteiger partial charge on any atom is -0.394 e. The van der Waals surface area contributed by atoms with Crippen molar-refractivity contribution < 1.29 is 0 Å². The third-order valence-electron chi connectivity index (χ3n) is 2.74. The number of rotatable bonds is 1. The largest absolute Gasteiger partial charge is 0.394 e. The SMILES string of the molecule is Cc1c(-c2ccncc2)cc(N)c(=O)n1C. The van der Waals surface area contributed by atoms with Gasteiger partial charge in [-0.1, -0.05) is 0 Å². The van der Waals surface area contributed by atoms with Crippen LogP contribution < -0.4 is 11.3 Å². The lowest BCUT2D eigenvalue weighted by atomic mass is 10.1. The summed E-state index contributed by atoms with van der Waals surface area (Å²) in [6.45, 7) is 1.90. The van der Waals surface area contributed by atoms with Crippen molar-refractivity contribution >= 4 is 5.69 Å². The lowest BCUT2D eigenvalue weighted by molar-refractivity contribution is 0.824. The Balaban J connectivity index is 2.73. The number of hydrogen-bond acceptors (Lipinski definition) is 3. The molecule has 0 saturated carbocycles. The Morgan fingerprint density at radius 3 is 2.56 bits per heavy atom. The van der Waals surface area contributed by atoms with Crippen LogP contribution in [-0.2, 0) is 7.05 Å². The van der Waals surface area contributed by atoms with E-state index < -0.39 is 0 Å². The molecule has 2 N–H and O–H groups in total. The minimum atomic E-state index is -0.157. The van der Waals surface area contributed by atoms with Crippen molar-refractivity contribution in [3.63, 3.8) is 0 Å². The van der Waals surface area contributed by atoms with E-state index in [0.717, 1.165) is 16.8 Å². The number of nitrogens with zero attached hydrogens (tertiary/aromatic N) is 2. The van der Waals surface area contributed by atoms with Gasteiger partial charge in [0.1, 0.15) is 0 Å². The molecule has 0 atom stereocenters. The normalized spacial score (nSPS) is 10.4. The summed E-state index contributed by atoms with van der Waals surface area (Å²) in [5.41, 5.74) is 8.65. The Bertz CT molecular complexity index is 573. The van der Waals surface area contributed by atoms with Crippen LogP contribution in [0.5, 0.6) is 0 Å². The Labute approximate surface area is 93.4 Å². The predicted octanol–water partition coefficient (Wildman–Crippen LogP) is 1.34. The van der Waals surface area contributed by atoms with Gasteiger partial charge in [0, 0.05) is 30.7 Å². The maximum Gasteiger partial charge on any atom is 0.273 e. The van der Waals surface area contributed by atoms with Crippen LogP contribution in [0.3, 0.4) is 0 Å². The van der Waals surface area contributed by atoms with Gasteiger partial charge in [0.05, 0.1) is 5.69 Å². The van der Waals surface area contributed by atoms with E-state index in [4.69, 9.17) is 5.73 Å². The molecule has 0 fully saturated rings. The van der Waals surface area contributed by atoms with Crippen LogP contribution in [-0.4, -0.2) is 9.55 Å². The summed E-state index contributed by atoms with van der Waals surface area (Å²) in [7, 11) is 1.72. The first-order chi connectivity index (χ1) is 7.61. The fourth-order valence-electron chi connectivity index (χ4n) is 1.67. The Kier molecular flexibility index (Phi) is 2.48. The highest BCUT2D eigenvalue weighted by Gasteiger charge is 2.08. The highest BCUT2D eigenvalue weighted by atomic mass is 16.1. The number of aromatic nitrogens is 2. The second-order valence-electron chi connectivity index (χ2n) is 3.70. The molecule has 2 heterocycles. The van der Waals surface area contributed by atoms with E-state index in [0.29, 0.717) is 0 Å². The lowest BCUT2D eigenvalue weighted by Crippen LogP contribution is -2.22. The van der Waals surface area contributed by atoms with E-state index in [1.54, 1.807) is 30.1 Å². The summed E-state index contributed by atoms with van der Waals surface area (Å²) in [5, 5.41) is 0. The molecule has 82 valence electrons. The summed E-state index contributed by atoms with van der Waals surface area (Å²) in [6, 6.07) is 5.51. The third-order valence-corrected chi connectivity index (χ3v) is 2.74. The van der Waals surface area contributed by atoms with Gasteiger partial charge in [0.25, 0.3) is 5.56 Å². The van der Waals surface area contributed by atoms with Gasteiger partial charge in [-0.15, -0.1) is 0 Å². The van der Waals surface area contributed by atoms with Gasteiger partial charge >= 0.3 is 0 Å². The third kappa shape index (κ3) is 1.58. The van der Waals surface area contributed by atoms with Crippen LogP contribution in [0.1, 0.15) is 5.69 Å². The van der Waals surface area contributed by atoms with Crippen molar-refractivity contribution in [2.45, 2.75) is 6.92 Å². The molecule has 0 aliphatic heterocycles. The molecule has 2 aromatic rings. The van der Waals surface area contributed by atoms with Gasteiger partial charge in [-0.2, -0.15) is 0 Å². The van der Waals surface area contributed by atoms with Gasteiger partial charge < -0.3 is 10.3 Å². The number of pyridine rings is 2. The maximum absolute atomic E-state index is 11.6. The molecule has 4 nitrogen and oxygen atoms in total. The van der Waals surface area contributed by atoms with Gasteiger partial charge in [0.15, 0.2) is 0 Å². The van der Waals surface area contributed by atoms with Gasteiger partial charge in [0.2, 0.25) is 0 Å². The van der Waals surface area contributed by atoms with Crippen molar-refractivity contribution in [2.75, 3.05) is 5.73 Å². The molecule has 0 radical (unpaired) electrons. The Morgan fingerprint density at radius 2 is 1.94 bits per heavy atom. The summed E-state index contributed by atoms with van der Waals surface area (Å²) in [4.78, 5) is 15.6. The van der Waals surface area contributed by atoms with Crippen molar-refractivity contribution in [3.8, 4) is 11.1 Å². The topological polar surface area (TPSA) is 60.9 Å². The molecule has 4 heteroatoms. The molecular formula is C12H13N3O. The summed E-state index contributed by atoms with van der Waals surface area (Å²) in [5.74, 6) is 0. The van der Waals surface area contributed by atoms with Crippen molar-refractivity contribution in [3.05, 3.63) is 46.6 Å². The van der Waals surface area contributed by atoms with E-state index in [9.17, 15) is 4.79 Å². The number of hydrogen-bond donors (Lipinski definition) is 1. The maximum atomic E-state index is 11.6. The lowest BCUT2D eigenvalue weighted by Gasteiger charge is -2.11. The van der Waals surface area contributed by atoms with E-state index in [1.165, 1.54) is 0 Å². The highest BCUT2D eigenvalue weighted by Crippen LogP contribution is 2.22. The van der Waals surface area contributed by atoms with Gasteiger partial charge in [-0.25, -0.2) is 0 Å². The fraction of sp³-hybridized carbons (Fsp3) is 0.167. The first-order valence-corrected chi connectivity index (χ1v) is 4.97. The van der Waals surface area contributed by atoms with E-state index in [-0.39, 0.29) is 11.2 Å². The average molecular weight is 215 g/mol. The van der Waals surface area contributed by atoms with Crippen LogP contribution in [0.2, 0.25) is 0 Å². The van der Waals surface area contributed by atoms with Crippen LogP contribution >= 0.6 is 0 Å². The van der Waals surface area contributed by atoms with Crippen molar-refractivity contribution in [1.82, 2.24) is 9.55 Å². The van der Waals surface area contributed by atoms with Crippen LogP contribution in [0, 0.1) is 6.92 Å². The smallest absolute Gasteiger partial charge is 0.273 e. The molecule has 0 bridgehead atoms. The average Bonchev–Trinajstić information content (AvgIpc) is 2.32. The molecule has 2 aromatic heterocycles. The van der Waals surface area contributed by atoms with Crippen LogP contribution in [0.4, 0.5) is 5.69 Å². The molecule has 0 spiro atoms. The molecule has 16 heavy (non-hydrogen) atoms. The fourth-order valence-corrected chi connectivity index (χ4v) is 1.67. The first-order valence-electron chi connectivity index (χ1n) is 4.97. The van der Waals surface area contributed by atoms with Crippen molar-refractivity contribution in [2.24, 2.45) is 7.05 Å². The van der Waals surface area contributed by atoms with Crippen molar-refractivity contribution in [1.29, 1.82) is 0 Å². The summed E-state index contributed by atoms with van der Waals surface area (Å²) < 4.78 is 1.56. The zero-order valence-electron chi connectivity index (χ0n) is 9.27. The molecule has 0 aromatic carbocycles. The quantitative estimate of drug-likeness (QED) is 0.780. The number of anilines is 1. The van der Waals surface area contributed by atoms with E-state index in [2.05, 4.69) is 4.98 Å². The highest BCUT2D eigenvalue weighted by molar-refractivity contribution is 5.68. The van der Waals surface area contributed by atoms with E-state index >= 15 is 0 Å². The second-order valence-corrected chi connectivity index (χ2v) is 3.70. The number of nitrogens with two attached hydrogens (primary N) is 1. The number of nitrogen functional groups attached to an aromatic ring is 1. The Hall–Kier alpha value is -2.10.